The van der Waals surface area contributed by atoms with Crippen molar-refractivity contribution in [3.05, 3.63) is 29.9 Å². The lowest BCUT2D eigenvalue weighted by Gasteiger charge is -1.97. The Balaban J connectivity index is 3.17. The quantitative estimate of drug-likeness (QED) is 0.694. The fourth-order valence-corrected chi connectivity index (χ4v) is 0.818. The first-order valence-corrected chi connectivity index (χ1v) is 3.49. The first kappa shape index (κ1) is 8.39. The number of carbonyl (C=O) groups excluding carboxylic acids is 1. The van der Waals surface area contributed by atoms with Crippen LogP contribution < -0.4 is 5.73 Å². The number of allylic oxidation sites excluding steroid dienone is 1. The molecule has 0 fully saturated rings. The van der Waals surface area contributed by atoms with E-state index in [1.807, 2.05) is 6.92 Å². The molecule has 0 aliphatic carbocycles. The molecule has 0 spiro atoms. The molecular weight excluding hydrogens is 154 g/mol. The van der Waals surface area contributed by atoms with Crippen molar-refractivity contribution < 1.29 is 4.79 Å². The molecule has 1 aromatic heterocycles. The second-order valence-electron chi connectivity index (χ2n) is 2.15. The number of amides is 1. The summed E-state index contributed by atoms with van der Waals surface area (Å²) in [7, 11) is 0. The standard InChI is InChI=1S/C8H9N3O/c1-2-3-6-7(8(9)12)11-5-4-10-6/h2-5H,1H3,(H2,9,12)/b3-2+. The van der Waals surface area contributed by atoms with E-state index >= 15 is 0 Å². The Morgan fingerprint density at radius 3 is 2.75 bits per heavy atom. The Kier molecular flexibility index (Phi) is 2.53. The molecule has 0 radical (unpaired) electrons. The molecule has 0 saturated carbocycles. The highest BCUT2D eigenvalue weighted by atomic mass is 16.1. The second kappa shape index (κ2) is 3.61. The van der Waals surface area contributed by atoms with Crippen LogP contribution in [0.1, 0.15) is 23.1 Å². The van der Waals surface area contributed by atoms with Crippen molar-refractivity contribution in [3.8, 4) is 0 Å². The molecule has 1 rings (SSSR count). The van der Waals surface area contributed by atoms with Crippen LogP contribution in [0.5, 0.6) is 0 Å². The Bertz CT molecular complexity index is 320. The molecular formula is C8H9N3O. The summed E-state index contributed by atoms with van der Waals surface area (Å²) < 4.78 is 0. The van der Waals surface area contributed by atoms with Crippen molar-refractivity contribution in [2.45, 2.75) is 6.92 Å². The van der Waals surface area contributed by atoms with Crippen molar-refractivity contribution in [1.82, 2.24) is 9.97 Å². The molecule has 12 heavy (non-hydrogen) atoms. The van der Waals surface area contributed by atoms with Gasteiger partial charge in [-0.05, 0) is 13.0 Å². The van der Waals surface area contributed by atoms with E-state index in [-0.39, 0.29) is 5.69 Å². The number of rotatable bonds is 2. The largest absolute Gasteiger partial charge is 0.364 e. The molecule has 62 valence electrons. The Morgan fingerprint density at radius 2 is 2.17 bits per heavy atom. The highest BCUT2D eigenvalue weighted by Crippen LogP contribution is 2.02. The van der Waals surface area contributed by atoms with E-state index in [0.717, 1.165) is 0 Å². The van der Waals surface area contributed by atoms with Crippen molar-refractivity contribution in [2.24, 2.45) is 5.73 Å². The van der Waals surface area contributed by atoms with Gasteiger partial charge in [0.1, 0.15) is 0 Å². The number of hydrogen-bond acceptors (Lipinski definition) is 3. The lowest BCUT2D eigenvalue weighted by Crippen LogP contribution is -2.15. The smallest absolute Gasteiger partial charge is 0.269 e. The normalized spacial score (nSPS) is 10.4. The molecule has 0 bridgehead atoms. The van der Waals surface area contributed by atoms with Gasteiger partial charge in [-0.2, -0.15) is 0 Å². The predicted octanol–water partition coefficient (Wildman–Crippen LogP) is 0.609. The van der Waals surface area contributed by atoms with Crippen LogP contribution in [-0.4, -0.2) is 15.9 Å². The average molecular weight is 163 g/mol. The van der Waals surface area contributed by atoms with Crippen LogP contribution in [0.4, 0.5) is 0 Å². The van der Waals surface area contributed by atoms with E-state index in [4.69, 9.17) is 5.73 Å². The van der Waals surface area contributed by atoms with E-state index < -0.39 is 5.91 Å². The zero-order chi connectivity index (χ0) is 8.97. The summed E-state index contributed by atoms with van der Waals surface area (Å²) in [6, 6.07) is 0. The average Bonchev–Trinajstić information content (AvgIpc) is 2.05. The summed E-state index contributed by atoms with van der Waals surface area (Å²) in [5, 5.41) is 0. The minimum atomic E-state index is -0.559. The van der Waals surface area contributed by atoms with Crippen LogP contribution in [0.15, 0.2) is 18.5 Å². The van der Waals surface area contributed by atoms with Gasteiger partial charge < -0.3 is 5.73 Å². The SMILES string of the molecule is C/C=C/c1nccnc1C(N)=O. The van der Waals surface area contributed by atoms with Crippen LogP contribution in [0.3, 0.4) is 0 Å². The molecule has 0 atom stereocenters. The molecule has 4 heteroatoms. The number of aromatic nitrogens is 2. The van der Waals surface area contributed by atoms with Crippen LogP contribution in [-0.2, 0) is 0 Å². The molecule has 0 aliphatic rings. The number of nitrogens with zero attached hydrogens (tertiary/aromatic N) is 2. The van der Waals surface area contributed by atoms with E-state index in [1.165, 1.54) is 12.4 Å². The zero-order valence-corrected chi connectivity index (χ0v) is 6.69. The van der Waals surface area contributed by atoms with E-state index in [9.17, 15) is 4.79 Å². The predicted molar refractivity (Wildman–Crippen MR) is 45.3 cm³/mol. The summed E-state index contributed by atoms with van der Waals surface area (Å²) >= 11 is 0. The van der Waals surface area contributed by atoms with Gasteiger partial charge in [0.15, 0.2) is 5.69 Å². The van der Waals surface area contributed by atoms with Gasteiger partial charge in [-0.25, -0.2) is 4.98 Å². The van der Waals surface area contributed by atoms with E-state index in [1.54, 1.807) is 12.2 Å². The van der Waals surface area contributed by atoms with E-state index in [2.05, 4.69) is 9.97 Å². The van der Waals surface area contributed by atoms with Crippen LogP contribution >= 0.6 is 0 Å². The number of carbonyl (C=O) groups is 1. The number of primary amides is 1. The van der Waals surface area contributed by atoms with E-state index in [0.29, 0.717) is 5.69 Å². The van der Waals surface area contributed by atoms with Crippen molar-refractivity contribution in [2.75, 3.05) is 0 Å². The molecule has 1 aromatic rings. The summed E-state index contributed by atoms with van der Waals surface area (Å²) in [6.07, 6.45) is 6.42. The summed E-state index contributed by atoms with van der Waals surface area (Å²) in [5.74, 6) is -0.559. The monoisotopic (exact) mass is 163 g/mol. The van der Waals surface area contributed by atoms with Gasteiger partial charge in [0.05, 0.1) is 5.69 Å². The Morgan fingerprint density at radius 1 is 1.50 bits per heavy atom. The minimum absolute atomic E-state index is 0.204. The number of hydrogen-bond donors (Lipinski definition) is 1. The van der Waals surface area contributed by atoms with Gasteiger partial charge in [0.25, 0.3) is 5.91 Å². The molecule has 1 heterocycles. The van der Waals surface area contributed by atoms with Crippen molar-refractivity contribution in [3.63, 3.8) is 0 Å². The van der Waals surface area contributed by atoms with Crippen LogP contribution in [0.2, 0.25) is 0 Å². The molecule has 2 N–H and O–H groups in total. The fraction of sp³-hybridized carbons (Fsp3) is 0.125. The van der Waals surface area contributed by atoms with Crippen LogP contribution in [0.25, 0.3) is 6.08 Å². The highest BCUT2D eigenvalue weighted by Gasteiger charge is 2.06. The maximum absolute atomic E-state index is 10.8. The molecule has 0 aliphatic heterocycles. The third-order valence-corrected chi connectivity index (χ3v) is 1.28. The first-order chi connectivity index (χ1) is 5.75. The topological polar surface area (TPSA) is 68.9 Å². The molecule has 1 amide bonds. The van der Waals surface area contributed by atoms with Crippen LogP contribution in [0, 0.1) is 0 Å². The molecule has 0 aromatic carbocycles. The molecule has 0 unspecified atom stereocenters. The maximum Gasteiger partial charge on any atom is 0.269 e. The lowest BCUT2D eigenvalue weighted by molar-refractivity contribution is 0.0995. The zero-order valence-electron chi connectivity index (χ0n) is 6.69. The first-order valence-electron chi connectivity index (χ1n) is 3.49. The Labute approximate surface area is 70.1 Å². The van der Waals surface area contributed by atoms with Gasteiger partial charge in [-0.15, -0.1) is 0 Å². The Hall–Kier alpha value is -1.71. The third-order valence-electron chi connectivity index (χ3n) is 1.28. The molecule has 0 saturated heterocycles. The van der Waals surface area contributed by atoms with Crippen molar-refractivity contribution in [1.29, 1.82) is 0 Å². The minimum Gasteiger partial charge on any atom is -0.364 e. The number of nitrogens with two attached hydrogens (primary N) is 1. The van der Waals surface area contributed by atoms with Gasteiger partial charge in [0.2, 0.25) is 0 Å². The molecule has 4 nitrogen and oxygen atoms in total. The second-order valence-corrected chi connectivity index (χ2v) is 2.15. The van der Waals surface area contributed by atoms with Crippen molar-refractivity contribution >= 4 is 12.0 Å². The third kappa shape index (κ3) is 1.66. The van der Waals surface area contributed by atoms with Gasteiger partial charge >= 0.3 is 0 Å². The summed E-state index contributed by atoms with van der Waals surface area (Å²) in [4.78, 5) is 18.5. The van der Waals surface area contributed by atoms with Gasteiger partial charge in [-0.3, -0.25) is 9.78 Å². The lowest BCUT2D eigenvalue weighted by atomic mass is 10.3. The summed E-state index contributed by atoms with van der Waals surface area (Å²) in [6.45, 7) is 1.83. The summed E-state index contributed by atoms with van der Waals surface area (Å²) in [5.41, 5.74) is 5.78. The highest BCUT2D eigenvalue weighted by molar-refractivity contribution is 5.93. The fourth-order valence-electron chi connectivity index (χ4n) is 0.818. The van der Waals surface area contributed by atoms with Gasteiger partial charge in [-0.1, -0.05) is 6.08 Å². The van der Waals surface area contributed by atoms with Gasteiger partial charge in [0, 0.05) is 12.4 Å². The maximum atomic E-state index is 10.8.